The average molecular weight is 340 g/mol. The molecule has 2 aromatic carbocycles. The van der Waals surface area contributed by atoms with E-state index in [2.05, 4.69) is 21.2 Å². The Morgan fingerprint density at radius 1 is 1.20 bits per heavy atom. The summed E-state index contributed by atoms with van der Waals surface area (Å²) in [5, 5.41) is 22.8. The van der Waals surface area contributed by atoms with Crippen LogP contribution in [0.5, 0.6) is 11.5 Å². The molecule has 0 radical (unpaired) electrons. The highest BCUT2D eigenvalue weighted by Gasteiger charge is 2.16. The van der Waals surface area contributed by atoms with Crippen LogP contribution in [0.2, 0.25) is 0 Å². The quantitative estimate of drug-likeness (QED) is 0.772. The number of aryl methyl sites for hydroxylation is 1. The van der Waals surface area contributed by atoms with E-state index in [9.17, 15) is 14.6 Å². The summed E-state index contributed by atoms with van der Waals surface area (Å²) >= 11 is 3.14. The van der Waals surface area contributed by atoms with Gasteiger partial charge in [-0.25, -0.2) is 4.39 Å². The minimum absolute atomic E-state index is 0.0174. The molecular weight excluding hydrogens is 325 g/mol. The molecule has 0 fully saturated rings. The third-order valence-corrected chi connectivity index (χ3v) is 3.74. The van der Waals surface area contributed by atoms with Crippen molar-refractivity contribution in [2.75, 3.05) is 5.32 Å². The number of phenolic OH excluding ortho intramolecular Hbond substituents is 2. The molecule has 106 valence electrons. The fourth-order valence-electron chi connectivity index (χ4n) is 2.09. The number of rotatable bonds is 3. The highest BCUT2D eigenvalue weighted by Crippen LogP contribution is 2.35. The molecule has 2 rings (SSSR count). The number of halogens is 2. The van der Waals surface area contributed by atoms with Gasteiger partial charge < -0.3 is 15.5 Å². The second-order valence-electron chi connectivity index (χ2n) is 4.66. The lowest BCUT2D eigenvalue weighted by molar-refractivity contribution is 0.434. The standard InChI is InChI=1S/C15H15BrFNO2/c1-8-6-11(17)10(16)7-12(8)18-9(2)15-13(19)4-3-5-14(15)20/h3-7,9,18-20H,1-2H3. The fourth-order valence-corrected chi connectivity index (χ4v) is 2.44. The van der Waals surface area contributed by atoms with E-state index in [1.165, 1.54) is 18.2 Å². The van der Waals surface area contributed by atoms with Gasteiger partial charge in [0.25, 0.3) is 0 Å². The van der Waals surface area contributed by atoms with E-state index >= 15 is 0 Å². The molecule has 0 heterocycles. The predicted octanol–water partition coefficient (Wildman–Crippen LogP) is 4.48. The maximum atomic E-state index is 13.4. The normalized spacial score (nSPS) is 12.2. The van der Waals surface area contributed by atoms with Crippen molar-refractivity contribution in [3.63, 3.8) is 0 Å². The van der Waals surface area contributed by atoms with Gasteiger partial charge in [-0.2, -0.15) is 0 Å². The van der Waals surface area contributed by atoms with Gasteiger partial charge in [0, 0.05) is 5.69 Å². The SMILES string of the molecule is Cc1cc(F)c(Br)cc1NC(C)c1c(O)cccc1O. The van der Waals surface area contributed by atoms with Gasteiger partial charge in [0.05, 0.1) is 16.1 Å². The Hall–Kier alpha value is -1.75. The van der Waals surface area contributed by atoms with Gasteiger partial charge in [0.1, 0.15) is 17.3 Å². The molecule has 3 nitrogen and oxygen atoms in total. The molecule has 0 aromatic heterocycles. The number of hydrogen-bond donors (Lipinski definition) is 3. The smallest absolute Gasteiger partial charge is 0.137 e. The van der Waals surface area contributed by atoms with Gasteiger partial charge >= 0.3 is 0 Å². The van der Waals surface area contributed by atoms with E-state index < -0.39 is 0 Å². The first-order chi connectivity index (χ1) is 9.40. The molecule has 1 atom stereocenters. The molecule has 0 aliphatic rings. The Morgan fingerprint density at radius 3 is 2.40 bits per heavy atom. The zero-order valence-corrected chi connectivity index (χ0v) is 12.7. The largest absolute Gasteiger partial charge is 0.507 e. The van der Waals surface area contributed by atoms with E-state index in [1.54, 1.807) is 19.1 Å². The highest BCUT2D eigenvalue weighted by molar-refractivity contribution is 9.10. The molecule has 0 spiro atoms. The highest BCUT2D eigenvalue weighted by atomic mass is 79.9. The summed E-state index contributed by atoms with van der Waals surface area (Å²) in [7, 11) is 0. The lowest BCUT2D eigenvalue weighted by Gasteiger charge is -2.19. The molecule has 0 aliphatic carbocycles. The van der Waals surface area contributed by atoms with Crippen molar-refractivity contribution < 1.29 is 14.6 Å². The van der Waals surface area contributed by atoms with Gasteiger partial charge in [-0.3, -0.25) is 0 Å². The summed E-state index contributed by atoms with van der Waals surface area (Å²) in [5.41, 5.74) is 1.88. The number of nitrogens with one attached hydrogen (secondary N) is 1. The van der Waals surface area contributed by atoms with Crippen molar-refractivity contribution in [1.29, 1.82) is 0 Å². The molecule has 5 heteroatoms. The van der Waals surface area contributed by atoms with E-state index in [4.69, 9.17) is 0 Å². The maximum Gasteiger partial charge on any atom is 0.137 e. The van der Waals surface area contributed by atoms with Crippen LogP contribution in [-0.4, -0.2) is 10.2 Å². The molecule has 0 amide bonds. The van der Waals surface area contributed by atoms with E-state index in [0.717, 1.165) is 11.3 Å². The lowest BCUT2D eigenvalue weighted by atomic mass is 10.0. The van der Waals surface area contributed by atoms with Crippen LogP contribution in [0.15, 0.2) is 34.8 Å². The van der Waals surface area contributed by atoms with Gasteiger partial charge in [-0.15, -0.1) is 0 Å². The number of phenols is 2. The fraction of sp³-hybridized carbons (Fsp3) is 0.200. The topological polar surface area (TPSA) is 52.5 Å². The van der Waals surface area contributed by atoms with Crippen LogP contribution in [0, 0.1) is 12.7 Å². The minimum atomic E-state index is -0.328. The Bertz CT molecular complexity index is 626. The second-order valence-corrected chi connectivity index (χ2v) is 5.51. The van der Waals surface area contributed by atoms with Crippen LogP contribution in [0.1, 0.15) is 24.1 Å². The van der Waals surface area contributed by atoms with Crippen molar-refractivity contribution in [3.8, 4) is 11.5 Å². The second kappa shape index (κ2) is 5.71. The predicted molar refractivity (Wildman–Crippen MR) is 80.6 cm³/mol. The molecule has 0 aliphatic heterocycles. The lowest BCUT2D eigenvalue weighted by Crippen LogP contribution is -2.08. The molecule has 0 bridgehead atoms. The molecule has 20 heavy (non-hydrogen) atoms. The van der Waals surface area contributed by atoms with Crippen LogP contribution >= 0.6 is 15.9 Å². The zero-order valence-electron chi connectivity index (χ0n) is 11.1. The summed E-state index contributed by atoms with van der Waals surface area (Å²) in [6.45, 7) is 3.60. The Labute approximate surface area is 125 Å². The first-order valence-corrected chi connectivity index (χ1v) is 6.92. The summed E-state index contributed by atoms with van der Waals surface area (Å²) in [6.07, 6.45) is 0. The van der Waals surface area contributed by atoms with Crippen molar-refractivity contribution in [2.24, 2.45) is 0 Å². The van der Waals surface area contributed by atoms with Crippen LogP contribution in [0.4, 0.5) is 10.1 Å². The number of hydrogen-bond acceptors (Lipinski definition) is 3. The third kappa shape index (κ3) is 2.88. The summed E-state index contributed by atoms with van der Waals surface area (Å²) in [6, 6.07) is 7.33. The maximum absolute atomic E-state index is 13.4. The van der Waals surface area contributed by atoms with Gasteiger partial charge in [-0.1, -0.05) is 6.07 Å². The number of benzene rings is 2. The summed E-state index contributed by atoms with van der Waals surface area (Å²) < 4.78 is 13.8. The van der Waals surface area contributed by atoms with Crippen molar-refractivity contribution in [1.82, 2.24) is 0 Å². The molecule has 1 unspecified atom stereocenters. The number of aromatic hydroxyl groups is 2. The van der Waals surface area contributed by atoms with Crippen LogP contribution < -0.4 is 5.32 Å². The van der Waals surface area contributed by atoms with E-state index in [0.29, 0.717) is 10.0 Å². The van der Waals surface area contributed by atoms with Gasteiger partial charge in [-0.05, 0) is 59.6 Å². The van der Waals surface area contributed by atoms with Gasteiger partial charge in [0.15, 0.2) is 0 Å². The molecule has 0 saturated carbocycles. The Morgan fingerprint density at radius 2 is 1.80 bits per heavy atom. The Balaban J connectivity index is 2.33. The van der Waals surface area contributed by atoms with Crippen LogP contribution in [0.3, 0.4) is 0 Å². The molecular formula is C15H15BrFNO2. The zero-order chi connectivity index (χ0) is 14.9. The minimum Gasteiger partial charge on any atom is -0.507 e. The van der Waals surface area contributed by atoms with Crippen molar-refractivity contribution in [3.05, 3.63) is 51.7 Å². The van der Waals surface area contributed by atoms with Crippen LogP contribution in [-0.2, 0) is 0 Å². The van der Waals surface area contributed by atoms with E-state index in [-0.39, 0.29) is 23.4 Å². The average Bonchev–Trinajstić information content (AvgIpc) is 2.35. The monoisotopic (exact) mass is 339 g/mol. The first kappa shape index (κ1) is 14.7. The summed E-state index contributed by atoms with van der Waals surface area (Å²) in [5.74, 6) is -0.293. The van der Waals surface area contributed by atoms with E-state index in [1.807, 2.05) is 6.92 Å². The number of anilines is 1. The Kier molecular flexibility index (Phi) is 4.18. The third-order valence-electron chi connectivity index (χ3n) is 3.13. The van der Waals surface area contributed by atoms with Crippen molar-refractivity contribution in [2.45, 2.75) is 19.9 Å². The molecule has 2 aromatic rings. The van der Waals surface area contributed by atoms with Gasteiger partial charge in [0.2, 0.25) is 0 Å². The van der Waals surface area contributed by atoms with Crippen molar-refractivity contribution >= 4 is 21.6 Å². The molecule has 3 N–H and O–H groups in total. The summed E-state index contributed by atoms with van der Waals surface area (Å²) in [4.78, 5) is 0. The molecule has 0 saturated heterocycles. The van der Waals surface area contributed by atoms with Crippen LogP contribution in [0.25, 0.3) is 0 Å². The first-order valence-electron chi connectivity index (χ1n) is 6.13.